The first-order valence-electron chi connectivity index (χ1n) is 6.46. The van der Waals surface area contributed by atoms with Crippen LogP contribution in [0, 0.1) is 18.3 Å². The van der Waals surface area contributed by atoms with E-state index < -0.39 is 0 Å². The molecule has 0 aliphatic rings. The van der Waals surface area contributed by atoms with Crippen LogP contribution >= 0.6 is 0 Å². The van der Waals surface area contributed by atoms with Gasteiger partial charge in [-0.25, -0.2) is 0 Å². The SMILES string of the molecule is Cc1cccnc1CC(N)CC(C)C(C)(C)C. The Kier molecular flexibility index (Phi) is 4.70. The Morgan fingerprint density at radius 2 is 2.00 bits per heavy atom. The second-order valence-corrected chi connectivity index (χ2v) is 6.23. The molecule has 96 valence electrons. The second kappa shape index (κ2) is 5.63. The molecule has 2 unspecified atom stereocenters. The molecule has 0 saturated carbocycles. The first kappa shape index (κ1) is 14.2. The highest BCUT2D eigenvalue weighted by Gasteiger charge is 2.22. The van der Waals surface area contributed by atoms with Gasteiger partial charge in [0.25, 0.3) is 0 Å². The molecular formula is C15H26N2. The topological polar surface area (TPSA) is 38.9 Å². The Morgan fingerprint density at radius 3 is 2.53 bits per heavy atom. The van der Waals surface area contributed by atoms with Gasteiger partial charge < -0.3 is 5.73 Å². The number of hydrogen-bond acceptors (Lipinski definition) is 2. The second-order valence-electron chi connectivity index (χ2n) is 6.23. The van der Waals surface area contributed by atoms with Crippen LogP contribution < -0.4 is 5.73 Å². The van der Waals surface area contributed by atoms with Crippen molar-refractivity contribution in [3.8, 4) is 0 Å². The van der Waals surface area contributed by atoms with Gasteiger partial charge in [-0.3, -0.25) is 4.98 Å². The van der Waals surface area contributed by atoms with Crippen LogP contribution in [-0.2, 0) is 6.42 Å². The molecule has 0 aliphatic heterocycles. The number of nitrogens with two attached hydrogens (primary N) is 1. The molecule has 0 fully saturated rings. The molecular weight excluding hydrogens is 208 g/mol. The lowest BCUT2D eigenvalue weighted by atomic mass is 9.78. The number of nitrogens with zero attached hydrogens (tertiary/aromatic N) is 1. The predicted molar refractivity (Wildman–Crippen MR) is 73.9 cm³/mol. The van der Waals surface area contributed by atoms with Crippen molar-refractivity contribution < 1.29 is 0 Å². The van der Waals surface area contributed by atoms with Crippen molar-refractivity contribution in [2.45, 2.75) is 53.5 Å². The molecule has 1 aromatic heterocycles. The minimum Gasteiger partial charge on any atom is -0.327 e. The fraction of sp³-hybridized carbons (Fsp3) is 0.667. The Labute approximate surface area is 106 Å². The van der Waals surface area contributed by atoms with Crippen molar-refractivity contribution in [1.29, 1.82) is 0 Å². The van der Waals surface area contributed by atoms with Gasteiger partial charge in [0.15, 0.2) is 0 Å². The summed E-state index contributed by atoms with van der Waals surface area (Å²) in [5.74, 6) is 0.626. The molecule has 1 heterocycles. The highest BCUT2D eigenvalue weighted by atomic mass is 14.7. The highest BCUT2D eigenvalue weighted by Crippen LogP contribution is 2.29. The molecule has 0 aliphatic carbocycles. The van der Waals surface area contributed by atoms with E-state index in [0.29, 0.717) is 11.3 Å². The third kappa shape index (κ3) is 4.47. The van der Waals surface area contributed by atoms with Crippen LogP contribution in [0.15, 0.2) is 18.3 Å². The van der Waals surface area contributed by atoms with Crippen molar-refractivity contribution in [3.05, 3.63) is 29.6 Å². The maximum atomic E-state index is 6.23. The molecule has 2 nitrogen and oxygen atoms in total. The van der Waals surface area contributed by atoms with Crippen LogP contribution in [0.3, 0.4) is 0 Å². The van der Waals surface area contributed by atoms with E-state index in [1.807, 2.05) is 12.3 Å². The molecule has 2 atom stereocenters. The Bertz CT molecular complexity index is 352. The average Bonchev–Trinajstić information content (AvgIpc) is 2.20. The van der Waals surface area contributed by atoms with Gasteiger partial charge in [0, 0.05) is 24.4 Å². The summed E-state index contributed by atoms with van der Waals surface area (Å²) in [6, 6.07) is 4.28. The lowest BCUT2D eigenvalue weighted by Gasteiger charge is -2.29. The van der Waals surface area contributed by atoms with E-state index in [1.165, 1.54) is 5.56 Å². The van der Waals surface area contributed by atoms with E-state index in [9.17, 15) is 0 Å². The number of pyridine rings is 1. The van der Waals surface area contributed by atoms with Crippen molar-refractivity contribution in [3.63, 3.8) is 0 Å². The molecule has 0 spiro atoms. The van der Waals surface area contributed by atoms with Crippen LogP contribution in [0.25, 0.3) is 0 Å². The van der Waals surface area contributed by atoms with Gasteiger partial charge in [0.2, 0.25) is 0 Å². The van der Waals surface area contributed by atoms with Gasteiger partial charge in [-0.05, 0) is 36.3 Å². The minimum absolute atomic E-state index is 0.206. The van der Waals surface area contributed by atoms with E-state index in [4.69, 9.17) is 5.73 Å². The molecule has 1 aromatic rings. The zero-order valence-electron chi connectivity index (χ0n) is 11.8. The molecule has 0 bridgehead atoms. The number of aromatic nitrogens is 1. The van der Waals surface area contributed by atoms with Gasteiger partial charge in [-0.2, -0.15) is 0 Å². The van der Waals surface area contributed by atoms with Crippen LogP contribution in [-0.4, -0.2) is 11.0 Å². The third-order valence-corrected chi connectivity index (χ3v) is 3.71. The zero-order valence-corrected chi connectivity index (χ0v) is 11.8. The summed E-state index contributed by atoms with van der Waals surface area (Å²) >= 11 is 0. The summed E-state index contributed by atoms with van der Waals surface area (Å²) in [4.78, 5) is 4.41. The Hall–Kier alpha value is -0.890. The van der Waals surface area contributed by atoms with Crippen LogP contribution in [0.1, 0.15) is 45.4 Å². The lowest BCUT2D eigenvalue weighted by molar-refractivity contribution is 0.232. The molecule has 0 aromatic carbocycles. The van der Waals surface area contributed by atoms with Crippen molar-refractivity contribution in [2.24, 2.45) is 17.1 Å². The Morgan fingerprint density at radius 1 is 1.35 bits per heavy atom. The highest BCUT2D eigenvalue weighted by molar-refractivity contribution is 5.18. The van der Waals surface area contributed by atoms with Crippen molar-refractivity contribution in [2.75, 3.05) is 0 Å². The molecule has 2 heteroatoms. The third-order valence-electron chi connectivity index (χ3n) is 3.71. The monoisotopic (exact) mass is 234 g/mol. The molecule has 0 saturated heterocycles. The Balaban J connectivity index is 2.56. The van der Waals surface area contributed by atoms with E-state index in [-0.39, 0.29) is 6.04 Å². The maximum Gasteiger partial charge on any atom is 0.0448 e. The fourth-order valence-corrected chi connectivity index (χ4v) is 1.87. The molecule has 1 rings (SSSR count). The normalized spacial score (nSPS) is 15.6. The molecule has 2 N–H and O–H groups in total. The lowest BCUT2D eigenvalue weighted by Crippen LogP contribution is -2.30. The van der Waals surface area contributed by atoms with E-state index in [1.54, 1.807) is 0 Å². The van der Waals surface area contributed by atoms with E-state index in [0.717, 1.165) is 18.5 Å². The van der Waals surface area contributed by atoms with Gasteiger partial charge >= 0.3 is 0 Å². The first-order chi connectivity index (χ1) is 7.80. The molecule has 0 amide bonds. The summed E-state index contributed by atoms with van der Waals surface area (Å²) < 4.78 is 0. The van der Waals surface area contributed by atoms with Gasteiger partial charge in [0.05, 0.1) is 0 Å². The van der Waals surface area contributed by atoms with Gasteiger partial charge in [-0.1, -0.05) is 33.8 Å². The number of rotatable bonds is 4. The van der Waals surface area contributed by atoms with Crippen LogP contribution in [0.4, 0.5) is 0 Å². The van der Waals surface area contributed by atoms with Gasteiger partial charge in [-0.15, -0.1) is 0 Å². The molecule has 0 radical (unpaired) electrons. The zero-order chi connectivity index (χ0) is 13.1. The van der Waals surface area contributed by atoms with Crippen LogP contribution in [0.5, 0.6) is 0 Å². The predicted octanol–water partition coefficient (Wildman–Crippen LogP) is 3.33. The quantitative estimate of drug-likeness (QED) is 0.868. The number of hydrogen-bond donors (Lipinski definition) is 1. The summed E-state index contributed by atoms with van der Waals surface area (Å²) in [5, 5.41) is 0. The largest absolute Gasteiger partial charge is 0.327 e. The van der Waals surface area contributed by atoms with Crippen molar-refractivity contribution in [1.82, 2.24) is 4.98 Å². The summed E-state index contributed by atoms with van der Waals surface area (Å²) in [6.07, 6.45) is 3.79. The maximum absolute atomic E-state index is 6.23. The van der Waals surface area contributed by atoms with E-state index in [2.05, 4.69) is 45.7 Å². The van der Waals surface area contributed by atoms with Gasteiger partial charge in [0.1, 0.15) is 0 Å². The summed E-state index contributed by atoms with van der Waals surface area (Å²) in [7, 11) is 0. The van der Waals surface area contributed by atoms with Crippen molar-refractivity contribution >= 4 is 0 Å². The number of aryl methyl sites for hydroxylation is 1. The average molecular weight is 234 g/mol. The first-order valence-corrected chi connectivity index (χ1v) is 6.46. The fourth-order valence-electron chi connectivity index (χ4n) is 1.87. The minimum atomic E-state index is 0.206. The smallest absolute Gasteiger partial charge is 0.0448 e. The summed E-state index contributed by atoms with van der Waals surface area (Å²) in [6.45, 7) is 11.2. The standard InChI is InChI=1S/C15H26N2/c1-11-7-6-8-17-14(11)10-13(16)9-12(2)15(3,4)5/h6-8,12-13H,9-10,16H2,1-5H3. The van der Waals surface area contributed by atoms with Crippen LogP contribution in [0.2, 0.25) is 0 Å². The summed E-state index contributed by atoms with van der Waals surface area (Å²) in [5.41, 5.74) is 8.94. The van der Waals surface area contributed by atoms with E-state index >= 15 is 0 Å². The molecule has 17 heavy (non-hydrogen) atoms.